The Balaban J connectivity index is 2.02. The Bertz CT molecular complexity index is 809. The zero-order valence-electron chi connectivity index (χ0n) is 11.4. The molecule has 106 valence electrons. The van der Waals surface area contributed by atoms with Gasteiger partial charge in [0.05, 0.1) is 13.4 Å². The molecule has 0 amide bonds. The lowest BCUT2D eigenvalue weighted by molar-refractivity contribution is 0.411. The van der Waals surface area contributed by atoms with Crippen LogP contribution in [0.5, 0.6) is 5.75 Å². The van der Waals surface area contributed by atoms with Gasteiger partial charge in [-0.25, -0.2) is 14.6 Å². The van der Waals surface area contributed by atoms with E-state index < -0.39 is 0 Å². The lowest BCUT2D eigenvalue weighted by atomic mass is 10.2. The van der Waals surface area contributed by atoms with Gasteiger partial charge in [-0.05, 0) is 12.1 Å². The van der Waals surface area contributed by atoms with Gasteiger partial charge in [0.1, 0.15) is 23.6 Å². The number of rotatable bonds is 4. The highest BCUT2D eigenvalue weighted by Gasteiger charge is 2.13. The molecule has 0 fully saturated rings. The van der Waals surface area contributed by atoms with Gasteiger partial charge in [-0.15, -0.1) is 0 Å². The van der Waals surface area contributed by atoms with Crippen molar-refractivity contribution in [3.63, 3.8) is 0 Å². The fourth-order valence-electron chi connectivity index (χ4n) is 2.06. The molecule has 0 bridgehead atoms. The number of hydrogen-bond donors (Lipinski definition) is 1. The van der Waals surface area contributed by atoms with Crippen LogP contribution in [0, 0.1) is 0 Å². The molecule has 21 heavy (non-hydrogen) atoms. The molecule has 0 aliphatic carbocycles. The minimum Gasteiger partial charge on any atom is -0.494 e. The second-order valence-corrected chi connectivity index (χ2v) is 4.34. The SMILES string of the molecule is COc1ccccc1-n1ncnc1Cc1cnc[nH]c1=O. The molecule has 0 spiro atoms. The minimum absolute atomic E-state index is 0.181. The molecule has 0 aliphatic rings. The molecule has 1 aromatic carbocycles. The summed E-state index contributed by atoms with van der Waals surface area (Å²) in [5, 5.41) is 4.21. The van der Waals surface area contributed by atoms with E-state index in [1.165, 1.54) is 18.9 Å². The van der Waals surface area contributed by atoms with E-state index in [4.69, 9.17) is 4.74 Å². The highest BCUT2D eigenvalue weighted by molar-refractivity contribution is 5.46. The Hall–Kier alpha value is -2.96. The number of nitrogens with one attached hydrogen (secondary N) is 1. The first-order valence-electron chi connectivity index (χ1n) is 6.33. The van der Waals surface area contributed by atoms with Gasteiger partial charge in [0.25, 0.3) is 5.56 Å². The van der Waals surface area contributed by atoms with E-state index in [1.54, 1.807) is 11.8 Å². The third kappa shape index (κ3) is 2.53. The summed E-state index contributed by atoms with van der Waals surface area (Å²) in [5.74, 6) is 1.32. The molecule has 3 rings (SSSR count). The Morgan fingerprint density at radius 2 is 2.19 bits per heavy atom. The quantitative estimate of drug-likeness (QED) is 0.770. The summed E-state index contributed by atoms with van der Waals surface area (Å²) < 4.78 is 6.99. The average molecular weight is 283 g/mol. The monoisotopic (exact) mass is 283 g/mol. The second kappa shape index (κ2) is 5.58. The van der Waals surface area contributed by atoms with Crippen LogP contribution in [0.25, 0.3) is 5.69 Å². The molecule has 7 heteroatoms. The van der Waals surface area contributed by atoms with Crippen LogP contribution in [-0.2, 0) is 6.42 Å². The molecule has 0 unspecified atom stereocenters. The van der Waals surface area contributed by atoms with Crippen LogP contribution in [0.15, 0.2) is 47.9 Å². The van der Waals surface area contributed by atoms with Gasteiger partial charge in [-0.1, -0.05) is 12.1 Å². The Labute approximate surface area is 120 Å². The number of para-hydroxylation sites is 2. The maximum absolute atomic E-state index is 11.7. The summed E-state index contributed by atoms with van der Waals surface area (Å²) in [6.07, 6.45) is 4.67. The first-order chi connectivity index (χ1) is 10.3. The average Bonchev–Trinajstić information content (AvgIpc) is 2.97. The number of H-pyrrole nitrogens is 1. The van der Waals surface area contributed by atoms with Gasteiger partial charge in [0.2, 0.25) is 0 Å². The van der Waals surface area contributed by atoms with Crippen LogP contribution in [0.1, 0.15) is 11.4 Å². The fraction of sp³-hybridized carbons (Fsp3) is 0.143. The van der Waals surface area contributed by atoms with Crippen LogP contribution in [0.4, 0.5) is 0 Å². The van der Waals surface area contributed by atoms with E-state index >= 15 is 0 Å². The van der Waals surface area contributed by atoms with Crippen LogP contribution in [-0.4, -0.2) is 31.8 Å². The smallest absolute Gasteiger partial charge is 0.254 e. The maximum Gasteiger partial charge on any atom is 0.254 e. The third-order valence-corrected chi connectivity index (χ3v) is 3.07. The Kier molecular flexibility index (Phi) is 3.46. The minimum atomic E-state index is -0.181. The highest BCUT2D eigenvalue weighted by atomic mass is 16.5. The van der Waals surface area contributed by atoms with Crippen molar-refractivity contribution >= 4 is 0 Å². The Morgan fingerprint density at radius 1 is 1.33 bits per heavy atom. The molecule has 0 atom stereocenters. The van der Waals surface area contributed by atoms with E-state index in [0.717, 1.165) is 5.69 Å². The van der Waals surface area contributed by atoms with Crippen molar-refractivity contribution in [2.45, 2.75) is 6.42 Å². The van der Waals surface area contributed by atoms with Crippen molar-refractivity contribution in [3.05, 3.63) is 64.9 Å². The summed E-state index contributed by atoms with van der Waals surface area (Å²) in [6.45, 7) is 0. The zero-order chi connectivity index (χ0) is 14.7. The summed E-state index contributed by atoms with van der Waals surface area (Å²) in [7, 11) is 1.60. The predicted octanol–water partition coefficient (Wildman–Crippen LogP) is 0.950. The molecule has 0 radical (unpaired) electrons. The molecular formula is C14H13N5O2. The van der Waals surface area contributed by atoms with Gasteiger partial charge in [-0.2, -0.15) is 5.10 Å². The first kappa shape index (κ1) is 13.0. The molecule has 7 nitrogen and oxygen atoms in total. The highest BCUT2D eigenvalue weighted by Crippen LogP contribution is 2.22. The summed E-state index contributed by atoms with van der Waals surface area (Å²) in [6, 6.07) is 7.49. The van der Waals surface area contributed by atoms with Gasteiger partial charge in [0.15, 0.2) is 0 Å². The number of aromatic amines is 1. The normalized spacial score (nSPS) is 10.5. The second-order valence-electron chi connectivity index (χ2n) is 4.34. The third-order valence-electron chi connectivity index (χ3n) is 3.07. The molecule has 0 aliphatic heterocycles. The van der Waals surface area contributed by atoms with Gasteiger partial charge in [-0.3, -0.25) is 4.79 Å². The number of ether oxygens (including phenoxy) is 1. The van der Waals surface area contributed by atoms with Gasteiger partial charge < -0.3 is 9.72 Å². The molecule has 0 saturated carbocycles. The molecule has 2 aromatic heterocycles. The number of aromatic nitrogens is 5. The van der Waals surface area contributed by atoms with Crippen molar-refractivity contribution < 1.29 is 4.74 Å². The Morgan fingerprint density at radius 3 is 3.00 bits per heavy atom. The fourth-order valence-corrected chi connectivity index (χ4v) is 2.06. The van der Waals surface area contributed by atoms with Crippen LogP contribution in [0.2, 0.25) is 0 Å². The number of methoxy groups -OCH3 is 1. The van der Waals surface area contributed by atoms with Crippen LogP contribution >= 0.6 is 0 Å². The van der Waals surface area contributed by atoms with Crippen molar-refractivity contribution in [3.8, 4) is 11.4 Å². The van der Waals surface area contributed by atoms with E-state index in [-0.39, 0.29) is 5.56 Å². The van der Waals surface area contributed by atoms with E-state index in [2.05, 4.69) is 20.1 Å². The van der Waals surface area contributed by atoms with Crippen LogP contribution in [0.3, 0.4) is 0 Å². The molecule has 1 N–H and O–H groups in total. The molecule has 3 aromatic rings. The lowest BCUT2D eigenvalue weighted by Crippen LogP contribution is -2.15. The van der Waals surface area contributed by atoms with E-state index in [0.29, 0.717) is 23.6 Å². The molecule has 0 saturated heterocycles. The molecule has 2 heterocycles. The number of hydrogen-bond acceptors (Lipinski definition) is 5. The van der Waals surface area contributed by atoms with Crippen molar-refractivity contribution in [2.75, 3.05) is 7.11 Å². The van der Waals surface area contributed by atoms with Crippen molar-refractivity contribution in [1.82, 2.24) is 24.7 Å². The van der Waals surface area contributed by atoms with Crippen LogP contribution < -0.4 is 10.3 Å². The lowest BCUT2D eigenvalue weighted by Gasteiger charge is -2.10. The van der Waals surface area contributed by atoms with Crippen molar-refractivity contribution in [2.24, 2.45) is 0 Å². The molecular weight excluding hydrogens is 270 g/mol. The first-order valence-corrected chi connectivity index (χ1v) is 6.33. The standard InChI is InChI=1S/C14H13N5O2/c1-21-12-5-3-2-4-11(12)19-13(16-9-18-19)6-10-7-15-8-17-14(10)20/h2-5,7-9H,6H2,1H3,(H,15,17,20). The topological polar surface area (TPSA) is 85.7 Å². The van der Waals surface area contributed by atoms with Gasteiger partial charge in [0, 0.05) is 18.2 Å². The summed E-state index contributed by atoms with van der Waals surface area (Å²) >= 11 is 0. The largest absolute Gasteiger partial charge is 0.494 e. The zero-order valence-corrected chi connectivity index (χ0v) is 11.4. The summed E-state index contributed by atoms with van der Waals surface area (Å²) in [4.78, 5) is 22.4. The predicted molar refractivity (Wildman–Crippen MR) is 75.6 cm³/mol. The maximum atomic E-state index is 11.7. The summed E-state index contributed by atoms with van der Waals surface area (Å²) in [5.41, 5.74) is 1.12. The number of nitrogens with zero attached hydrogens (tertiary/aromatic N) is 4. The van der Waals surface area contributed by atoms with E-state index in [1.807, 2.05) is 24.3 Å². The van der Waals surface area contributed by atoms with E-state index in [9.17, 15) is 4.79 Å². The van der Waals surface area contributed by atoms with Crippen molar-refractivity contribution in [1.29, 1.82) is 0 Å². The number of benzene rings is 1. The van der Waals surface area contributed by atoms with Gasteiger partial charge >= 0.3 is 0 Å².